The molecule has 5 rings (SSSR count). The number of hydrogen-bond acceptors (Lipinski definition) is 5. The van der Waals surface area contributed by atoms with Crippen LogP contribution in [0.3, 0.4) is 0 Å². The molecule has 33 heavy (non-hydrogen) atoms. The summed E-state index contributed by atoms with van der Waals surface area (Å²) >= 11 is 0. The highest BCUT2D eigenvalue weighted by molar-refractivity contribution is 5.96. The lowest BCUT2D eigenvalue weighted by Crippen LogP contribution is -2.31. The Hall–Kier alpha value is -4.20. The van der Waals surface area contributed by atoms with Crippen LogP contribution in [0, 0.1) is 0 Å². The van der Waals surface area contributed by atoms with Gasteiger partial charge in [0.05, 0.1) is 17.5 Å². The van der Waals surface area contributed by atoms with Gasteiger partial charge in [-0.05, 0) is 30.5 Å². The highest BCUT2D eigenvalue weighted by Gasteiger charge is 2.27. The van der Waals surface area contributed by atoms with E-state index in [2.05, 4.69) is 15.3 Å². The van der Waals surface area contributed by atoms with E-state index in [0.29, 0.717) is 5.65 Å². The maximum absolute atomic E-state index is 12.6. The zero-order valence-electron chi connectivity index (χ0n) is 17.8. The molecule has 0 aliphatic heterocycles. The highest BCUT2D eigenvalue weighted by Crippen LogP contribution is 2.34. The van der Waals surface area contributed by atoms with Gasteiger partial charge in [-0.1, -0.05) is 48.5 Å². The summed E-state index contributed by atoms with van der Waals surface area (Å²) in [5.41, 5.74) is 1.57. The SMILES string of the molecule is O=C(NCCOc1ccccc1-c1ccccc1)c1cnc2c(c1)c(=O)[nH]c(=O)n2C1CC1. The normalized spacial score (nSPS) is 13.1. The molecule has 0 saturated heterocycles. The van der Waals surface area contributed by atoms with Gasteiger partial charge in [-0.3, -0.25) is 19.1 Å². The van der Waals surface area contributed by atoms with E-state index >= 15 is 0 Å². The van der Waals surface area contributed by atoms with Crippen LogP contribution in [0.4, 0.5) is 0 Å². The molecule has 8 heteroatoms. The maximum atomic E-state index is 12.6. The van der Waals surface area contributed by atoms with Gasteiger partial charge in [-0.15, -0.1) is 0 Å². The average molecular weight is 442 g/mol. The predicted molar refractivity (Wildman–Crippen MR) is 125 cm³/mol. The van der Waals surface area contributed by atoms with E-state index in [-0.39, 0.29) is 36.1 Å². The largest absolute Gasteiger partial charge is 0.491 e. The van der Waals surface area contributed by atoms with E-state index in [4.69, 9.17) is 4.74 Å². The van der Waals surface area contributed by atoms with Gasteiger partial charge in [0, 0.05) is 17.8 Å². The second-order valence-corrected chi connectivity index (χ2v) is 7.92. The van der Waals surface area contributed by atoms with Crippen molar-refractivity contribution in [2.24, 2.45) is 0 Å². The lowest BCUT2D eigenvalue weighted by atomic mass is 10.1. The van der Waals surface area contributed by atoms with Crippen LogP contribution in [0.2, 0.25) is 0 Å². The molecule has 2 N–H and O–H groups in total. The fraction of sp³-hybridized carbons (Fsp3) is 0.200. The van der Waals surface area contributed by atoms with E-state index in [9.17, 15) is 14.4 Å². The lowest BCUT2D eigenvalue weighted by molar-refractivity contribution is 0.0947. The molecule has 4 aromatic rings. The quantitative estimate of drug-likeness (QED) is 0.428. The third-order valence-electron chi connectivity index (χ3n) is 5.57. The molecule has 0 unspecified atom stereocenters. The number of carbonyl (C=O) groups excluding carboxylic acids is 1. The number of nitrogens with zero attached hydrogens (tertiary/aromatic N) is 2. The Morgan fingerprint density at radius 1 is 1.09 bits per heavy atom. The summed E-state index contributed by atoms with van der Waals surface area (Å²) in [6, 6.07) is 19.2. The van der Waals surface area contributed by atoms with E-state index in [1.54, 1.807) is 0 Å². The molecule has 1 aliphatic rings. The van der Waals surface area contributed by atoms with Crippen molar-refractivity contribution >= 4 is 16.9 Å². The lowest BCUT2D eigenvalue weighted by Gasteiger charge is -2.12. The van der Waals surface area contributed by atoms with E-state index in [0.717, 1.165) is 29.7 Å². The van der Waals surface area contributed by atoms with Crippen LogP contribution in [-0.4, -0.2) is 33.6 Å². The molecule has 166 valence electrons. The van der Waals surface area contributed by atoms with Gasteiger partial charge in [0.2, 0.25) is 0 Å². The van der Waals surface area contributed by atoms with Crippen LogP contribution in [0.5, 0.6) is 5.75 Å². The van der Waals surface area contributed by atoms with Gasteiger partial charge in [-0.2, -0.15) is 0 Å². The Labute approximate surface area is 188 Å². The summed E-state index contributed by atoms with van der Waals surface area (Å²) in [7, 11) is 0. The summed E-state index contributed by atoms with van der Waals surface area (Å²) in [5.74, 6) is 0.364. The number of nitrogens with one attached hydrogen (secondary N) is 2. The van der Waals surface area contributed by atoms with Gasteiger partial charge < -0.3 is 10.1 Å². The maximum Gasteiger partial charge on any atom is 0.330 e. The summed E-state index contributed by atoms with van der Waals surface area (Å²) in [6.07, 6.45) is 3.14. The first kappa shape index (κ1) is 20.7. The molecular weight excluding hydrogens is 420 g/mol. The number of H-pyrrole nitrogens is 1. The minimum Gasteiger partial charge on any atom is -0.491 e. The van der Waals surface area contributed by atoms with Crippen molar-refractivity contribution < 1.29 is 9.53 Å². The fourth-order valence-electron chi connectivity index (χ4n) is 3.81. The number of aromatic nitrogens is 3. The summed E-state index contributed by atoms with van der Waals surface area (Å²) < 4.78 is 7.40. The third kappa shape index (κ3) is 4.27. The average Bonchev–Trinajstić information content (AvgIpc) is 3.67. The molecule has 1 saturated carbocycles. The van der Waals surface area contributed by atoms with Crippen LogP contribution in [-0.2, 0) is 0 Å². The predicted octanol–water partition coefficient (Wildman–Crippen LogP) is 2.90. The number of pyridine rings is 1. The molecular formula is C25H22N4O4. The molecule has 1 amide bonds. The van der Waals surface area contributed by atoms with E-state index in [1.165, 1.54) is 16.8 Å². The molecule has 0 radical (unpaired) electrons. The van der Waals surface area contributed by atoms with Crippen molar-refractivity contribution in [3.63, 3.8) is 0 Å². The van der Waals surface area contributed by atoms with Crippen molar-refractivity contribution in [3.8, 4) is 16.9 Å². The van der Waals surface area contributed by atoms with Gasteiger partial charge in [0.25, 0.3) is 11.5 Å². The molecule has 8 nitrogen and oxygen atoms in total. The van der Waals surface area contributed by atoms with Crippen molar-refractivity contribution in [2.45, 2.75) is 18.9 Å². The van der Waals surface area contributed by atoms with Gasteiger partial charge in [-0.25, -0.2) is 9.78 Å². The first-order chi connectivity index (χ1) is 16.1. The number of amides is 1. The van der Waals surface area contributed by atoms with Crippen LogP contribution in [0.15, 0.2) is 76.4 Å². The first-order valence-corrected chi connectivity index (χ1v) is 10.8. The molecule has 0 atom stereocenters. The minimum atomic E-state index is -0.546. The standard InChI is InChI=1S/C25H22N4O4/c30-23(17-14-20-22(27-15-17)29(18-10-11-18)25(32)28-24(20)31)26-12-13-33-21-9-5-4-8-19(21)16-6-2-1-3-7-16/h1-9,14-15,18H,10-13H2,(H,26,30)(H,28,31,32). The second-order valence-electron chi connectivity index (χ2n) is 7.92. The summed E-state index contributed by atoms with van der Waals surface area (Å²) in [5, 5.41) is 3.01. The number of ether oxygens (including phenoxy) is 1. The molecule has 1 aliphatic carbocycles. The number of aromatic amines is 1. The molecule has 2 heterocycles. The van der Waals surface area contributed by atoms with E-state index < -0.39 is 11.2 Å². The Morgan fingerprint density at radius 2 is 1.85 bits per heavy atom. The summed E-state index contributed by atoms with van der Waals surface area (Å²) in [4.78, 5) is 43.6. The van der Waals surface area contributed by atoms with Crippen molar-refractivity contribution in [3.05, 3.63) is 93.3 Å². The van der Waals surface area contributed by atoms with Crippen LogP contribution >= 0.6 is 0 Å². The van der Waals surface area contributed by atoms with Gasteiger partial charge in [0.1, 0.15) is 18.0 Å². The Morgan fingerprint density at radius 3 is 2.64 bits per heavy atom. The van der Waals surface area contributed by atoms with Crippen molar-refractivity contribution in [2.75, 3.05) is 13.2 Å². The zero-order chi connectivity index (χ0) is 22.8. The van der Waals surface area contributed by atoms with Crippen LogP contribution in [0.25, 0.3) is 22.2 Å². The van der Waals surface area contributed by atoms with Crippen LogP contribution in [0.1, 0.15) is 29.2 Å². The molecule has 1 fully saturated rings. The van der Waals surface area contributed by atoms with E-state index in [1.807, 2.05) is 54.6 Å². The molecule has 0 bridgehead atoms. The van der Waals surface area contributed by atoms with Crippen LogP contribution < -0.4 is 21.3 Å². The molecule has 0 spiro atoms. The Bertz CT molecular complexity index is 1440. The Kier molecular flexibility index (Phi) is 5.48. The second kappa shape index (κ2) is 8.74. The topological polar surface area (TPSA) is 106 Å². The number of para-hydroxylation sites is 1. The number of rotatable bonds is 7. The van der Waals surface area contributed by atoms with Crippen molar-refractivity contribution in [1.82, 2.24) is 19.9 Å². The third-order valence-corrected chi connectivity index (χ3v) is 5.57. The van der Waals surface area contributed by atoms with Gasteiger partial charge >= 0.3 is 5.69 Å². The minimum absolute atomic E-state index is 0.0555. The summed E-state index contributed by atoms with van der Waals surface area (Å²) in [6.45, 7) is 0.552. The molecule has 2 aromatic heterocycles. The smallest absolute Gasteiger partial charge is 0.330 e. The molecule has 2 aromatic carbocycles. The number of hydrogen-bond donors (Lipinski definition) is 2. The number of benzene rings is 2. The zero-order valence-corrected chi connectivity index (χ0v) is 17.8. The van der Waals surface area contributed by atoms with Gasteiger partial charge in [0.15, 0.2) is 0 Å². The Balaban J connectivity index is 1.26. The number of carbonyl (C=O) groups is 1. The van der Waals surface area contributed by atoms with Crippen molar-refractivity contribution in [1.29, 1.82) is 0 Å². The highest BCUT2D eigenvalue weighted by atomic mass is 16.5. The number of fused-ring (bicyclic) bond motifs is 1. The monoisotopic (exact) mass is 442 g/mol. The fourth-order valence-corrected chi connectivity index (χ4v) is 3.81. The first-order valence-electron chi connectivity index (χ1n) is 10.8.